The number of benzene rings is 1. The van der Waals surface area contributed by atoms with Crippen LogP contribution in [0.1, 0.15) is 15.9 Å². The van der Waals surface area contributed by atoms with Crippen LogP contribution in [0.4, 0.5) is 5.13 Å². The molecule has 0 saturated carbocycles. The number of nitrogens with zero attached hydrogens (tertiary/aromatic N) is 2. The van der Waals surface area contributed by atoms with Crippen molar-refractivity contribution in [1.29, 1.82) is 0 Å². The molecular weight excluding hydrogens is 357 g/mol. The fourth-order valence-corrected chi connectivity index (χ4v) is 4.82. The molecule has 0 radical (unpaired) electrons. The molecule has 0 aliphatic carbocycles. The molecule has 0 amide bonds. The van der Waals surface area contributed by atoms with E-state index >= 15 is 0 Å². The lowest BCUT2D eigenvalue weighted by Gasteiger charge is -2.28. The lowest BCUT2D eigenvalue weighted by molar-refractivity contribution is 0.0690. The van der Waals surface area contributed by atoms with Gasteiger partial charge in [0.15, 0.2) is 4.34 Å². The van der Waals surface area contributed by atoms with Gasteiger partial charge in [-0.05, 0) is 24.3 Å². The van der Waals surface area contributed by atoms with Crippen molar-refractivity contribution in [1.82, 2.24) is 10.2 Å². The predicted molar refractivity (Wildman–Crippen MR) is 91.5 cm³/mol. The van der Waals surface area contributed by atoms with Gasteiger partial charge in [-0.3, -0.25) is 0 Å². The fraction of sp³-hybridized carbons (Fsp3) is 0.250. The molecule has 1 atom stereocenters. The lowest BCUT2D eigenvalue weighted by atomic mass is 9.77. The summed E-state index contributed by atoms with van der Waals surface area (Å²) in [6, 6.07) is 3.60. The number of hydrogen-bond donors (Lipinski definition) is 3. The van der Waals surface area contributed by atoms with E-state index < -0.39 is 13.1 Å². The molecule has 1 aromatic heterocycles. The minimum absolute atomic E-state index is 0.0951. The summed E-state index contributed by atoms with van der Waals surface area (Å²) in [5, 5.41) is 27.4. The average Bonchev–Trinajstić information content (AvgIpc) is 2.92. The highest BCUT2D eigenvalue weighted by atomic mass is 32.2. The first-order valence-corrected chi connectivity index (χ1v) is 9.45. The summed E-state index contributed by atoms with van der Waals surface area (Å²) in [4.78, 5) is 12.1. The Hall–Kier alpha value is -1.43. The van der Waals surface area contributed by atoms with Crippen LogP contribution in [0, 0.1) is 0 Å². The van der Waals surface area contributed by atoms with Gasteiger partial charge in [0.1, 0.15) is 11.3 Å². The molecule has 4 N–H and O–H groups in total. The summed E-state index contributed by atoms with van der Waals surface area (Å²) in [5.41, 5.74) is 6.40. The van der Waals surface area contributed by atoms with Crippen LogP contribution in [0.2, 0.25) is 0 Å². The highest BCUT2D eigenvalue weighted by Crippen LogP contribution is 2.40. The number of carboxylic acid groups (broad SMARTS) is 1. The Balaban J connectivity index is 1.91. The van der Waals surface area contributed by atoms with Gasteiger partial charge in [0.25, 0.3) is 0 Å². The second kappa shape index (κ2) is 6.60. The van der Waals surface area contributed by atoms with E-state index in [1.807, 2.05) is 6.07 Å². The second-order valence-electron chi connectivity index (χ2n) is 4.71. The van der Waals surface area contributed by atoms with E-state index in [2.05, 4.69) is 10.2 Å². The quantitative estimate of drug-likeness (QED) is 0.546. The third kappa shape index (κ3) is 3.27. The molecule has 0 unspecified atom stereocenters. The Morgan fingerprint density at radius 3 is 2.91 bits per heavy atom. The van der Waals surface area contributed by atoms with Gasteiger partial charge in [0.2, 0.25) is 5.13 Å². The molecule has 1 aromatic carbocycles. The van der Waals surface area contributed by atoms with Crippen molar-refractivity contribution in [2.45, 2.75) is 20.8 Å². The number of nitrogens with two attached hydrogens (primary N) is 1. The van der Waals surface area contributed by atoms with E-state index in [1.54, 1.807) is 12.3 Å². The average molecular weight is 369 g/mol. The fourth-order valence-electron chi connectivity index (χ4n) is 2.29. The van der Waals surface area contributed by atoms with Crippen molar-refractivity contribution in [3.05, 3.63) is 23.3 Å². The Labute approximate surface area is 144 Å². The number of nitrogen functional groups attached to an aromatic ring is 1. The number of hydrogen-bond acceptors (Lipinski definition) is 9. The first-order chi connectivity index (χ1) is 11.0. The number of carbonyl (C=O) groups is 1. The van der Waals surface area contributed by atoms with Gasteiger partial charge in [-0.15, -0.1) is 22.0 Å². The highest BCUT2D eigenvalue weighted by molar-refractivity contribution is 8.03. The smallest absolute Gasteiger partial charge is 0.535 e. The molecular formula is C12H12BN3O4S3. The van der Waals surface area contributed by atoms with Crippen LogP contribution in [0.3, 0.4) is 0 Å². The highest BCUT2D eigenvalue weighted by Gasteiger charge is 2.38. The second-order valence-corrected chi connectivity index (χ2v) is 8.05. The summed E-state index contributed by atoms with van der Waals surface area (Å²) >= 11 is 3.88. The number of aromatic nitrogens is 2. The summed E-state index contributed by atoms with van der Waals surface area (Å²) in [7, 11) is -1.13. The van der Waals surface area contributed by atoms with Gasteiger partial charge in [-0.1, -0.05) is 29.2 Å². The molecule has 0 fully saturated rings. The predicted octanol–water partition coefficient (Wildman–Crippen LogP) is 1.66. The molecule has 2 heterocycles. The van der Waals surface area contributed by atoms with Crippen LogP contribution in [0.25, 0.3) is 0 Å². The molecule has 23 heavy (non-hydrogen) atoms. The number of rotatable bonds is 4. The summed E-state index contributed by atoms with van der Waals surface area (Å²) in [5.74, 6) is -0.827. The molecule has 1 aliphatic heterocycles. The Kier molecular flexibility index (Phi) is 4.71. The normalized spacial score (nSPS) is 16.8. The molecule has 2 aromatic rings. The minimum atomic E-state index is -1.13. The van der Waals surface area contributed by atoms with E-state index in [1.165, 1.54) is 34.9 Å². The summed E-state index contributed by atoms with van der Waals surface area (Å²) < 4.78 is 6.16. The maximum Gasteiger partial charge on any atom is 0.537 e. The van der Waals surface area contributed by atoms with E-state index in [0.29, 0.717) is 20.8 Å². The Bertz CT molecular complexity index is 757. The van der Waals surface area contributed by atoms with Crippen LogP contribution in [0.5, 0.6) is 5.75 Å². The lowest BCUT2D eigenvalue weighted by Crippen LogP contribution is -2.40. The first-order valence-electron chi connectivity index (χ1n) is 6.53. The zero-order valence-electron chi connectivity index (χ0n) is 11.9. The standard InChI is InChI=1S/C12H12BN3O4S3/c1-21-6-3-2-5-4-7(22-12-16-15-11(14)23-12)13(19)20-9(5)8(6)10(17)18/h2-3,7,19H,4H2,1H3,(H2,14,15)(H,17,18)/t7-/m0/s1. The summed E-state index contributed by atoms with van der Waals surface area (Å²) in [6.07, 6.45) is 2.27. The van der Waals surface area contributed by atoms with Gasteiger partial charge in [0, 0.05) is 4.90 Å². The largest absolute Gasteiger partial charge is 0.537 e. The molecule has 3 rings (SSSR count). The first kappa shape index (κ1) is 16.4. The molecule has 120 valence electrons. The van der Waals surface area contributed by atoms with Crippen LogP contribution in [-0.4, -0.2) is 44.8 Å². The van der Waals surface area contributed by atoms with E-state index in [9.17, 15) is 14.9 Å². The van der Waals surface area contributed by atoms with E-state index in [4.69, 9.17) is 10.4 Å². The van der Waals surface area contributed by atoms with Gasteiger partial charge in [0.05, 0.1) is 5.15 Å². The zero-order chi connectivity index (χ0) is 16.6. The number of aromatic carboxylic acids is 1. The Morgan fingerprint density at radius 1 is 1.52 bits per heavy atom. The number of thioether (sulfide) groups is 2. The maximum atomic E-state index is 11.5. The number of anilines is 1. The van der Waals surface area contributed by atoms with Crippen molar-refractivity contribution in [3.8, 4) is 5.75 Å². The van der Waals surface area contributed by atoms with E-state index in [-0.39, 0.29) is 16.5 Å². The third-order valence-corrected chi connectivity index (χ3v) is 6.14. The van der Waals surface area contributed by atoms with Crippen molar-refractivity contribution in [2.24, 2.45) is 0 Å². The van der Waals surface area contributed by atoms with E-state index in [0.717, 1.165) is 5.56 Å². The molecule has 7 nitrogen and oxygen atoms in total. The molecule has 0 bridgehead atoms. The summed E-state index contributed by atoms with van der Waals surface area (Å²) in [6.45, 7) is 0. The van der Waals surface area contributed by atoms with Crippen LogP contribution < -0.4 is 10.4 Å². The van der Waals surface area contributed by atoms with Gasteiger partial charge in [-0.2, -0.15) is 0 Å². The van der Waals surface area contributed by atoms with Crippen molar-refractivity contribution in [2.75, 3.05) is 12.0 Å². The molecule has 0 spiro atoms. The van der Waals surface area contributed by atoms with Crippen molar-refractivity contribution >= 4 is 53.1 Å². The van der Waals surface area contributed by atoms with Crippen LogP contribution >= 0.6 is 34.9 Å². The Morgan fingerprint density at radius 2 is 2.30 bits per heavy atom. The molecule has 11 heteroatoms. The van der Waals surface area contributed by atoms with Crippen molar-refractivity contribution in [3.63, 3.8) is 0 Å². The van der Waals surface area contributed by atoms with Gasteiger partial charge < -0.3 is 20.5 Å². The topological polar surface area (TPSA) is 119 Å². The minimum Gasteiger partial charge on any atom is -0.535 e. The zero-order valence-corrected chi connectivity index (χ0v) is 14.4. The number of carboxylic acids is 1. The molecule has 1 aliphatic rings. The van der Waals surface area contributed by atoms with Gasteiger partial charge in [-0.25, -0.2) is 4.79 Å². The monoisotopic (exact) mass is 369 g/mol. The van der Waals surface area contributed by atoms with Gasteiger partial charge >= 0.3 is 13.1 Å². The third-order valence-electron chi connectivity index (χ3n) is 3.29. The van der Waals surface area contributed by atoms with Crippen molar-refractivity contribution < 1.29 is 19.6 Å². The number of fused-ring (bicyclic) bond motifs is 1. The van der Waals surface area contributed by atoms with Crippen LogP contribution in [0.15, 0.2) is 21.4 Å². The SMILES string of the molecule is CSc1ccc2c(c1C(=O)O)OB(O)[C@@H](Sc1nnc(N)s1)C2. The molecule has 0 saturated heterocycles. The van der Waals surface area contributed by atoms with Crippen LogP contribution in [-0.2, 0) is 6.42 Å². The maximum absolute atomic E-state index is 11.5.